The predicted molar refractivity (Wildman–Crippen MR) is 38.5 cm³/mol. The van der Waals surface area contributed by atoms with E-state index in [2.05, 4.69) is 0 Å². The minimum Gasteiger partial charge on any atom is -0.264 e. The van der Waals surface area contributed by atoms with Gasteiger partial charge in [-0.1, -0.05) is 6.42 Å². The molecule has 0 radical (unpaired) electrons. The smallest absolute Gasteiger partial charge is 0.219 e. The van der Waals surface area contributed by atoms with E-state index in [4.69, 9.17) is 0 Å². The zero-order valence-corrected chi connectivity index (χ0v) is 6.30. The zero-order chi connectivity index (χ0) is 7.61. The van der Waals surface area contributed by atoms with Gasteiger partial charge in [-0.15, -0.1) is 0 Å². The van der Waals surface area contributed by atoms with E-state index in [9.17, 15) is 10.1 Å². The molecule has 0 bridgehead atoms. The third-order valence-electron chi connectivity index (χ3n) is 2.37. The summed E-state index contributed by atoms with van der Waals surface area (Å²) in [7, 11) is 0. The highest BCUT2D eigenvalue weighted by molar-refractivity contribution is 4.77. The van der Waals surface area contributed by atoms with E-state index in [1.54, 1.807) is 6.92 Å². The van der Waals surface area contributed by atoms with Crippen molar-refractivity contribution in [2.75, 3.05) is 0 Å². The number of hydrogen-bond acceptors (Lipinski definition) is 2. The molecule has 58 valence electrons. The average Bonchev–Trinajstić information content (AvgIpc) is 1.89. The first-order valence-electron chi connectivity index (χ1n) is 3.80. The molecule has 1 saturated carbocycles. The monoisotopic (exact) mass is 143 g/mol. The summed E-state index contributed by atoms with van der Waals surface area (Å²) in [6, 6.07) is 0. The number of nitrogens with zero attached hydrogens (tertiary/aromatic N) is 1. The van der Waals surface area contributed by atoms with Crippen LogP contribution >= 0.6 is 0 Å². The lowest BCUT2D eigenvalue weighted by Crippen LogP contribution is -2.36. The van der Waals surface area contributed by atoms with Gasteiger partial charge in [0.05, 0.1) is 0 Å². The second-order valence-electron chi connectivity index (χ2n) is 3.31. The first kappa shape index (κ1) is 7.51. The molecule has 0 spiro atoms. The van der Waals surface area contributed by atoms with Crippen LogP contribution in [0.25, 0.3) is 0 Å². The SMILES string of the molecule is CC1([N+](=O)[O-])CCCCC1. The summed E-state index contributed by atoms with van der Waals surface area (Å²) in [5.41, 5.74) is -0.599. The van der Waals surface area contributed by atoms with Gasteiger partial charge >= 0.3 is 0 Å². The van der Waals surface area contributed by atoms with Gasteiger partial charge in [0, 0.05) is 24.7 Å². The van der Waals surface area contributed by atoms with Crippen molar-refractivity contribution in [2.24, 2.45) is 0 Å². The second kappa shape index (κ2) is 2.56. The molecule has 0 N–H and O–H groups in total. The fraction of sp³-hybridized carbons (Fsp3) is 1.00. The lowest BCUT2D eigenvalue weighted by atomic mass is 9.84. The third kappa shape index (κ3) is 1.28. The van der Waals surface area contributed by atoms with Crippen LogP contribution in [0.3, 0.4) is 0 Å². The van der Waals surface area contributed by atoms with Crippen LogP contribution < -0.4 is 0 Å². The Bertz CT molecular complexity index is 139. The summed E-state index contributed by atoms with van der Waals surface area (Å²) in [6.07, 6.45) is 4.75. The fourth-order valence-electron chi connectivity index (χ4n) is 1.50. The van der Waals surface area contributed by atoms with Gasteiger partial charge in [0.25, 0.3) is 0 Å². The van der Waals surface area contributed by atoms with E-state index < -0.39 is 5.54 Å². The maximum atomic E-state index is 10.5. The van der Waals surface area contributed by atoms with Crippen molar-refractivity contribution in [3.05, 3.63) is 10.1 Å². The van der Waals surface area contributed by atoms with Crippen molar-refractivity contribution < 1.29 is 4.92 Å². The summed E-state index contributed by atoms with van der Waals surface area (Å²) in [6.45, 7) is 1.76. The highest BCUT2D eigenvalue weighted by Gasteiger charge is 2.37. The molecule has 0 aromatic heterocycles. The number of nitro groups is 1. The van der Waals surface area contributed by atoms with Gasteiger partial charge in [0.15, 0.2) is 0 Å². The van der Waals surface area contributed by atoms with Crippen LogP contribution in [-0.4, -0.2) is 10.5 Å². The Labute approximate surface area is 60.6 Å². The van der Waals surface area contributed by atoms with E-state index >= 15 is 0 Å². The first-order chi connectivity index (χ1) is 4.65. The maximum Gasteiger partial charge on any atom is 0.219 e. The minimum absolute atomic E-state index is 0.119. The summed E-state index contributed by atoms with van der Waals surface area (Å²) < 4.78 is 0. The van der Waals surface area contributed by atoms with Gasteiger partial charge in [0.1, 0.15) is 0 Å². The van der Waals surface area contributed by atoms with Crippen LogP contribution in [0.4, 0.5) is 0 Å². The van der Waals surface area contributed by atoms with Crippen LogP contribution in [0.2, 0.25) is 0 Å². The van der Waals surface area contributed by atoms with Gasteiger partial charge in [-0.05, 0) is 12.8 Å². The van der Waals surface area contributed by atoms with E-state index in [1.165, 1.54) is 6.42 Å². The Morgan fingerprint density at radius 2 is 1.80 bits per heavy atom. The minimum atomic E-state index is -0.599. The summed E-state index contributed by atoms with van der Waals surface area (Å²) in [5.74, 6) is 0. The molecular formula is C7H13NO2. The van der Waals surface area contributed by atoms with Gasteiger partial charge in [-0.2, -0.15) is 0 Å². The molecule has 0 saturated heterocycles. The second-order valence-corrected chi connectivity index (χ2v) is 3.31. The van der Waals surface area contributed by atoms with Crippen LogP contribution in [0.15, 0.2) is 0 Å². The average molecular weight is 143 g/mol. The molecule has 0 unspecified atom stereocenters. The molecule has 1 fully saturated rings. The molecule has 3 nitrogen and oxygen atoms in total. The molecule has 0 aliphatic heterocycles. The third-order valence-corrected chi connectivity index (χ3v) is 2.37. The molecule has 0 aromatic rings. The Morgan fingerprint density at radius 1 is 1.30 bits per heavy atom. The Hall–Kier alpha value is -0.600. The molecule has 0 aromatic carbocycles. The molecule has 0 heterocycles. The number of rotatable bonds is 1. The Morgan fingerprint density at radius 3 is 2.10 bits per heavy atom. The highest BCUT2D eigenvalue weighted by atomic mass is 16.6. The van der Waals surface area contributed by atoms with Gasteiger partial charge in [-0.3, -0.25) is 10.1 Å². The van der Waals surface area contributed by atoms with E-state index in [0.29, 0.717) is 0 Å². The summed E-state index contributed by atoms with van der Waals surface area (Å²) >= 11 is 0. The predicted octanol–water partition coefficient (Wildman–Crippen LogP) is 1.99. The summed E-state index contributed by atoms with van der Waals surface area (Å²) in [5, 5.41) is 10.5. The van der Waals surface area contributed by atoms with Crippen LogP contribution in [-0.2, 0) is 0 Å². The van der Waals surface area contributed by atoms with E-state index in [-0.39, 0.29) is 4.92 Å². The molecule has 1 aliphatic rings. The Balaban J connectivity index is 2.56. The van der Waals surface area contributed by atoms with Gasteiger partial charge < -0.3 is 0 Å². The molecule has 3 heteroatoms. The Kier molecular flexibility index (Phi) is 1.92. The quantitative estimate of drug-likeness (QED) is 0.416. The van der Waals surface area contributed by atoms with Crippen molar-refractivity contribution >= 4 is 0 Å². The maximum absolute atomic E-state index is 10.5. The molecule has 1 rings (SSSR count). The van der Waals surface area contributed by atoms with E-state index in [0.717, 1.165) is 25.7 Å². The molecular weight excluding hydrogens is 130 g/mol. The van der Waals surface area contributed by atoms with Crippen LogP contribution in [0.5, 0.6) is 0 Å². The van der Waals surface area contributed by atoms with Gasteiger partial charge in [0.2, 0.25) is 5.54 Å². The normalized spacial score (nSPS) is 24.1. The zero-order valence-electron chi connectivity index (χ0n) is 6.30. The van der Waals surface area contributed by atoms with Crippen LogP contribution in [0, 0.1) is 10.1 Å². The first-order valence-corrected chi connectivity index (χ1v) is 3.80. The highest BCUT2D eigenvalue weighted by Crippen LogP contribution is 2.29. The van der Waals surface area contributed by atoms with Crippen molar-refractivity contribution in [2.45, 2.75) is 44.6 Å². The molecule has 10 heavy (non-hydrogen) atoms. The lowest BCUT2D eigenvalue weighted by molar-refractivity contribution is -0.569. The van der Waals surface area contributed by atoms with Crippen molar-refractivity contribution in [1.29, 1.82) is 0 Å². The number of hydrogen-bond donors (Lipinski definition) is 0. The lowest BCUT2D eigenvalue weighted by Gasteiger charge is -2.24. The van der Waals surface area contributed by atoms with Crippen molar-refractivity contribution in [3.8, 4) is 0 Å². The van der Waals surface area contributed by atoms with Gasteiger partial charge in [-0.25, -0.2) is 0 Å². The molecule has 1 aliphatic carbocycles. The van der Waals surface area contributed by atoms with Crippen molar-refractivity contribution in [1.82, 2.24) is 0 Å². The van der Waals surface area contributed by atoms with E-state index in [1.807, 2.05) is 0 Å². The topological polar surface area (TPSA) is 43.1 Å². The largest absolute Gasteiger partial charge is 0.264 e. The van der Waals surface area contributed by atoms with Crippen molar-refractivity contribution in [3.63, 3.8) is 0 Å². The summed E-state index contributed by atoms with van der Waals surface area (Å²) in [4.78, 5) is 10.4. The molecule has 0 atom stereocenters. The van der Waals surface area contributed by atoms with Crippen LogP contribution in [0.1, 0.15) is 39.0 Å². The standard InChI is InChI=1S/C7H13NO2/c1-7(8(9)10)5-3-2-4-6-7/h2-6H2,1H3. The molecule has 0 amide bonds. The fourth-order valence-corrected chi connectivity index (χ4v) is 1.50.